The van der Waals surface area contributed by atoms with Gasteiger partial charge in [-0.2, -0.15) is 0 Å². The van der Waals surface area contributed by atoms with Crippen molar-refractivity contribution < 1.29 is 19.1 Å². The topological polar surface area (TPSA) is 121 Å². The SMILES string of the molecule is CCC1=C(C)c2cc3[nH]c(cc4nc(c(C)c5cc(C)c(cc1n2)[nH]5)[C@@H](CCC(=O)N(C)CCCOC(C)=O)[C@@H]4C)c(C)c3C=O. The first-order chi connectivity index (χ1) is 21.9. The third kappa shape index (κ3) is 6.41. The number of ether oxygens (including phenoxy) is 1. The van der Waals surface area contributed by atoms with Gasteiger partial charge in [-0.1, -0.05) is 13.8 Å². The van der Waals surface area contributed by atoms with Gasteiger partial charge in [-0.25, -0.2) is 4.98 Å². The number of nitrogens with zero attached hydrogens (tertiary/aromatic N) is 3. The molecular weight excluding hydrogens is 578 g/mol. The van der Waals surface area contributed by atoms with E-state index in [4.69, 9.17) is 14.7 Å². The van der Waals surface area contributed by atoms with Crippen molar-refractivity contribution in [1.29, 1.82) is 0 Å². The summed E-state index contributed by atoms with van der Waals surface area (Å²) in [5.74, 6) is -0.190. The second-order valence-corrected chi connectivity index (χ2v) is 12.7. The van der Waals surface area contributed by atoms with E-state index < -0.39 is 0 Å². The quantitative estimate of drug-likeness (QED) is 0.145. The molecule has 0 aromatic carbocycles. The molecule has 3 aromatic rings. The molecule has 0 aliphatic carbocycles. The lowest BCUT2D eigenvalue weighted by atomic mass is 9.86. The van der Waals surface area contributed by atoms with Gasteiger partial charge in [0.25, 0.3) is 0 Å². The van der Waals surface area contributed by atoms with E-state index >= 15 is 0 Å². The summed E-state index contributed by atoms with van der Waals surface area (Å²) < 4.78 is 5.02. The number of carbonyl (C=O) groups excluding carboxylic acids is 3. The molecule has 5 rings (SSSR count). The number of hydrogen-bond donors (Lipinski definition) is 2. The molecule has 242 valence electrons. The fourth-order valence-electron chi connectivity index (χ4n) is 6.67. The van der Waals surface area contributed by atoms with Gasteiger partial charge in [0, 0.05) is 72.3 Å². The van der Waals surface area contributed by atoms with Crippen molar-refractivity contribution in [2.75, 3.05) is 20.2 Å². The fraction of sp³-hybridized carbons (Fsp3) is 0.432. The highest BCUT2D eigenvalue weighted by atomic mass is 16.5. The third-order valence-corrected chi connectivity index (χ3v) is 9.63. The number of hydrogen-bond acceptors (Lipinski definition) is 6. The molecule has 5 heterocycles. The molecule has 0 unspecified atom stereocenters. The van der Waals surface area contributed by atoms with E-state index in [1.54, 1.807) is 11.9 Å². The number of carbonyl (C=O) groups is 3. The van der Waals surface area contributed by atoms with Gasteiger partial charge in [0.1, 0.15) is 0 Å². The molecule has 2 aliphatic heterocycles. The Morgan fingerprint density at radius 3 is 2.35 bits per heavy atom. The highest BCUT2D eigenvalue weighted by Crippen LogP contribution is 2.42. The number of H-pyrrole nitrogens is 2. The van der Waals surface area contributed by atoms with Gasteiger partial charge in [0.15, 0.2) is 6.29 Å². The lowest BCUT2D eigenvalue weighted by molar-refractivity contribution is -0.141. The summed E-state index contributed by atoms with van der Waals surface area (Å²) in [4.78, 5) is 55.6. The molecule has 9 nitrogen and oxygen atoms in total. The Bertz CT molecular complexity index is 1900. The smallest absolute Gasteiger partial charge is 0.302 e. The van der Waals surface area contributed by atoms with Crippen molar-refractivity contribution in [3.8, 4) is 0 Å². The standard InChI is InChI=1S/C37H45N5O4/c1-9-26-21(3)32-18-35-28(19-43)23(5)31(40-35)17-33-22(4)27(11-12-36(45)42(8)13-10-14-46-25(7)44)37(41-33)24(6)30-15-20(2)29(38-30)16-34(26)39-32/h15-19,22,27,38,40H,9-14H2,1-8H3/t22-,27-/m0/s1. The van der Waals surface area contributed by atoms with Gasteiger partial charge >= 0.3 is 5.97 Å². The number of fused-ring (bicyclic) bond motifs is 8. The van der Waals surface area contributed by atoms with Crippen LogP contribution in [0.15, 0.2) is 24.3 Å². The molecule has 0 radical (unpaired) electrons. The minimum absolute atomic E-state index is 0.0245. The van der Waals surface area contributed by atoms with E-state index in [1.165, 1.54) is 12.5 Å². The third-order valence-electron chi connectivity index (χ3n) is 9.63. The van der Waals surface area contributed by atoms with E-state index in [1.807, 2.05) is 13.0 Å². The van der Waals surface area contributed by atoms with Crippen LogP contribution in [0.3, 0.4) is 0 Å². The zero-order valence-electron chi connectivity index (χ0n) is 28.3. The van der Waals surface area contributed by atoms with E-state index in [0.717, 1.165) is 79.8 Å². The number of aryl methyl sites for hydroxylation is 3. The predicted octanol–water partition coefficient (Wildman–Crippen LogP) is 7.47. The summed E-state index contributed by atoms with van der Waals surface area (Å²) >= 11 is 0. The number of aldehydes is 1. The molecule has 2 N–H and O–H groups in total. The van der Waals surface area contributed by atoms with E-state index in [2.05, 4.69) is 62.8 Å². The molecule has 46 heavy (non-hydrogen) atoms. The molecule has 0 fully saturated rings. The number of nitrogens with one attached hydrogen (secondary N) is 2. The van der Waals surface area contributed by atoms with Crippen LogP contribution in [0.5, 0.6) is 0 Å². The Morgan fingerprint density at radius 1 is 0.957 bits per heavy atom. The summed E-state index contributed by atoms with van der Waals surface area (Å²) in [6.45, 7) is 14.8. The molecule has 2 aliphatic rings. The average Bonchev–Trinajstić information content (AvgIpc) is 3.72. The molecule has 0 spiro atoms. The monoisotopic (exact) mass is 623 g/mol. The lowest BCUT2D eigenvalue weighted by Crippen LogP contribution is -2.28. The number of aromatic nitrogens is 4. The van der Waals surface area contributed by atoms with E-state index in [0.29, 0.717) is 38.0 Å². The van der Waals surface area contributed by atoms with Crippen molar-refractivity contribution in [1.82, 2.24) is 24.8 Å². The summed E-state index contributed by atoms with van der Waals surface area (Å²) in [6, 6.07) is 8.31. The van der Waals surface area contributed by atoms with Crippen molar-refractivity contribution in [3.05, 3.63) is 69.3 Å². The minimum atomic E-state index is -0.315. The van der Waals surface area contributed by atoms with Crippen LogP contribution in [0.2, 0.25) is 0 Å². The molecular formula is C37H45N5O4. The maximum Gasteiger partial charge on any atom is 0.302 e. The highest BCUT2D eigenvalue weighted by Gasteiger charge is 2.31. The predicted molar refractivity (Wildman–Crippen MR) is 183 cm³/mol. The average molecular weight is 624 g/mol. The molecule has 3 aromatic heterocycles. The Kier molecular flexibility index (Phi) is 9.60. The normalized spacial score (nSPS) is 16.1. The van der Waals surface area contributed by atoms with Crippen LogP contribution in [-0.4, -0.2) is 63.2 Å². The van der Waals surface area contributed by atoms with Crippen LogP contribution in [-0.2, 0) is 14.3 Å². The zero-order chi connectivity index (χ0) is 33.3. The van der Waals surface area contributed by atoms with Gasteiger partial charge in [-0.3, -0.25) is 19.4 Å². The van der Waals surface area contributed by atoms with Crippen molar-refractivity contribution in [3.63, 3.8) is 0 Å². The second kappa shape index (κ2) is 13.4. The van der Waals surface area contributed by atoms with E-state index in [9.17, 15) is 14.4 Å². The van der Waals surface area contributed by atoms with Gasteiger partial charge in [-0.05, 0) is 99.1 Å². The van der Waals surface area contributed by atoms with Crippen molar-refractivity contribution >= 4 is 51.4 Å². The number of allylic oxidation sites excluding steroid dienone is 2. The Hall–Kier alpha value is -4.53. The number of rotatable bonds is 9. The van der Waals surface area contributed by atoms with Gasteiger partial charge in [0.2, 0.25) is 5.91 Å². The maximum atomic E-state index is 13.2. The Balaban J connectivity index is 1.63. The van der Waals surface area contributed by atoms with Crippen LogP contribution in [0, 0.1) is 20.8 Å². The van der Waals surface area contributed by atoms with Gasteiger partial charge in [-0.15, -0.1) is 0 Å². The summed E-state index contributed by atoms with van der Waals surface area (Å²) in [5.41, 5.74) is 13.2. The second-order valence-electron chi connectivity index (χ2n) is 12.7. The van der Waals surface area contributed by atoms with Crippen LogP contribution in [0.25, 0.3) is 33.2 Å². The molecule has 0 saturated heterocycles. The minimum Gasteiger partial charge on any atom is -0.466 e. The first kappa shape index (κ1) is 32.9. The van der Waals surface area contributed by atoms with Crippen LogP contribution < -0.4 is 0 Å². The first-order valence-electron chi connectivity index (χ1n) is 16.2. The van der Waals surface area contributed by atoms with Crippen LogP contribution in [0.1, 0.15) is 115 Å². The first-order valence-corrected chi connectivity index (χ1v) is 16.2. The number of aromatic amines is 2. The maximum absolute atomic E-state index is 13.2. The highest BCUT2D eigenvalue weighted by molar-refractivity contribution is 5.96. The summed E-state index contributed by atoms with van der Waals surface area (Å²) in [7, 11) is 1.79. The van der Waals surface area contributed by atoms with Crippen molar-refractivity contribution in [2.45, 2.75) is 86.0 Å². The van der Waals surface area contributed by atoms with Crippen LogP contribution in [0.4, 0.5) is 0 Å². The fourth-order valence-corrected chi connectivity index (χ4v) is 6.67. The lowest BCUT2D eigenvalue weighted by Gasteiger charge is -2.20. The molecule has 0 saturated carbocycles. The van der Waals surface area contributed by atoms with Gasteiger partial charge in [0.05, 0.1) is 23.5 Å². The van der Waals surface area contributed by atoms with Gasteiger partial charge < -0.3 is 19.6 Å². The largest absolute Gasteiger partial charge is 0.466 e. The molecule has 9 heteroatoms. The number of amides is 1. The summed E-state index contributed by atoms with van der Waals surface area (Å²) in [6.07, 6.45) is 3.36. The Morgan fingerprint density at radius 2 is 1.65 bits per heavy atom. The zero-order valence-corrected chi connectivity index (χ0v) is 28.3. The number of esters is 1. The summed E-state index contributed by atoms with van der Waals surface area (Å²) in [5, 5.41) is 0. The Labute approximate surface area is 270 Å². The van der Waals surface area contributed by atoms with Crippen molar-refractivity contribution in [2.24, 2.45) is 0 Å². The van der Waals surface area contributed by atoms with Crippen LogP contribution >= 0.6 is 0 Å². The molecule has 8 bridgehead atoms. The van der Waals surface area contributed by atoms with E-state index in [-0.39, 0.29) is 23.7 Å². The molecule has 1 amide bonds. The molecule has 2 atom stereocenters.